The van der Waals surface area contributed by atoms with E-state index in [2.05, 4.69) is 15.6 Å². The number of nitrogens with one attached hydrogen (secondary N) is 2. The number of anilines is 2. The van der Waals surface area contributed by atoms with Crippen molar-refractivity contribution in [1.29, 1.82) is 0 Å². The number of amides is 1. The molecule has 3 aromatic rings. The van der Waals surface area contributed by atoms with E-state index in [1.165, 1.54) is 0 Å². The molecule has 3 rings (SSSR count). The Kier molecular flexibility index (Phi) is 4.87. The zero-order valence-electron chi connectivity index (χ0n) is 13.4. The maximum absolute atomic E-state index is 12.5. The van der Waals surface area contributed by atoms with E-state index in [4.69, 9.17) is 0 Å². The fraction of sp³-hybridized carbons (Fsp3) is 0.100. The van der Waals surface area contributed by atoms with Crippen molar-refractivity contribution >= 4 is 17.3 Å². The Balaban J connectivity index is 1.70. The van der Waals surface area contributed by atoms with Gasteiger partial charge in [0.1, 0.15) is 0 Å². The quantitative estimate of drug-likeness (QED) is 0.737. The monoisotopic (exact) mass is 317 g/mol. The average Bonchev–Trinajstić information content (AvgIpc) is 2.63. The van der Waals surface area contributed by atoms with E-state index in [1.807, 2.05) is 67.6 Å². The Hall–Kier alpha value is -3.14. The molecule has 24 heavy (non-hydrogen) atoms. The summed E-state index contributed by atoms with van der Waals surface area (Å²) in [6, 6.07) is 21.4. The zero-order valence-corrected chi connectivity index (χ0v) is 13.4. The van der Waals surface area contributed by atoms with Crippen molar-refractivity contribution in [2.24, 2.45) is 0 Å². The predicted molar refractivity (Wildman–Crippen MR) is 96.3 cm³/mol. The molecule has 0 spiro atoms. The number of rotatable bonds is 5. The van der Waals surface area contributed by atoms with Gasteiger partial charge in [-0.25, -0.2) is 0 Å². The maximum atomic E-state index is 12.5. The van der Waals surface area contributed by atoms with Gasteiger partial charge in [-0.3, -0.25) is 9.78 Å². The molecule has 2 aromatic carbocycles. The Morgan fingerprint density at radius 2 is 1.58 bits per heavy atom. The highest BCUT2D eigenvalue weighted by molar-refractivity contribution is 5.95. The predicted octanol–water partition coefficient (Wildman–Crippen LogP) is 4.32. The van der Waals surface area contributed by atoms with E-state index in [0.717, 1.165) is 16.9 Å². The minimum Gasteiger partial charge on any atom is -0.354 e. The van der Waals surface area contributed by atoms with Crippen LogP contribution < -0.4 is 10.6 Å². The van der Waals surface area contributed by atoms with Crippen molar-refractivity contribution in [3.63, 3.8) is 0 Å². The smallest absolute Gasteiger partial charge is 0.253 e. The minimum atomic E-state index is -0.143. The van der Waals surface area contributed by atoms with Crippen LogP contribution in [0.2, 0.25) is 0 Å². The van der Waals surface area contributed by atoms with Crippen LogP contribution in [0.3, 0.4) is 0 Å². The molecular formula is C20H19N3O. The van der Waals surface area contributed by atoms with Gasteiger partial charge in [0.25, 0.3) is 5.91 Å². The van der Waals surface area contributed by atoms with E-state index in [-0.39, 0.29) is 11.9 Å². The highest BCUT2D eigenvalue weighted by atomic mass is 16.1. The largest absolute Gasteiger partial charge is 0.354 e. The molecule has 1 unspecified atom stereocenters. The third-order valence-electron chi connectivity index (χ3n) is 3.71. The van der Waals surface area contributed by atoms with Gasteiger partial charge in [-0.1, -0.05) is 48.5 Å². The first-order valence-electron chi connectivity index (χ1n) is 7.85. The standard InChI is InChI=1S/C20H19N3O/c1-15(16-8-4-2-5-9-16)22-20(24)17-12-19(14-21-13-17)23-18-10-6-3-7-11-18/h2-15,23H,1H3,(H,22,24). The van der Waals surface area contributed by atoms with Crippen LogP contribution in [-0.4, -0.2) is 10.9 Å². The summed E-state index contributed by atoms with van der Waals surface area (Å²) in [7, 11) is 0. The Morgan fingerprint density at radius 1 is 0.917 bits per heavy atom. The lowest BCUT2D eigenvalue weighted by Crippen LogP contribution is -2.26. The van der Waals surface area contributed by atoms with Crippen molar-refractivity contribution in [3.8, 4) is 0 Å². The first-order valence-corrected chi connectivity index (χ1v) is 7.85. The molecule has 4 heteroatoms. The number of aromatic nitrogens is 1. The lowest BCUT2D eigenvalue weighted by molar-refractivity contribution is 0.0939. The van der Waals surface area contributed by atoms with Crippen LogP contribution in [0, 0.1) is 0 Å². The second-order valence-electron chi connectivity index (χ2n) is 5.56. The summed E-state index contributed by atoms with van der Waals surface area (Å²) < 4.78 is 0. The molecule has 120 valence electrons. The molecule has 1 heterocycles. The van der Waals surface area contributed by atoms with Crippen molar-refractivity contribution in [2.75, 3.05) is 5.32 Å². The zero-order chi connectivity index (χ0) is 16.8. The molecule has 1 atom stereocenters. The van der Waals surface area contributed by atoms with E-state index >= 15 is 0 Å². The molecule has 0 aliphatic carbocycles. The van der Waals surface area contributed by atoms with E-state index in [0.29, 0.717) is 5.56 Å². The van der Waals surface area contributed by atoms with Gasteiger partial charge in [0.05, 0.1) is 23.5 Å². The second kappa shape index (κ2) is 7.42. The number of benzene rings is 2. The summed E-state index contributed by atoms with van der Waals surface area (Å²) in [5.74, 6) is -0.143. The van der Waals surface area contributed by atoms with Gasteiger partial charge >= 0.3 is 0 Å². The van der Waals surface area contributed by atoms with E-state index < -0.39 is 0 Å². The van der Waals surface area contributed by atoms with Gasteiger partial charge in [0, 0.05) is 11.9 Å². The molecule has 0 saturated carbocycles. The fourth-order valence-electron chi connectivity index (χ4n) is 2.43. The van der Waals surface area contributed by atoms with Crippen LogP contribution in [0.25, 0.3) is 0 Å². The summed E-state index contributed by atoms with van der Waals surface area (Å²) in [5.41, 5.74) is 3.33. The number of nitrogens with zero attached hydrogens (tertiary/aromatic N) is 1. The summed E-state index contributed by atoms with van der Waals surface area (Å²) in [5, 5.41) is 6.24. The molecule has 4 nitrogen and oxygen atoms in total. The number of para-hydroxylation sites is 1. The number of carbonyl (C=O) groups is 1. The van der Waals surface area contributed by atoms with Gasteiger partial charge in [0.2, 0.25) is 0 Å². The number of pyridine rings is 1. The van der Waals surface area contributed by atoms with Crippen molar-refractivity contribution in [2.45, 2.75) is 13.0 Å². The topological polar surface area (TPSA) is 54.0 Å². The van der Waals surface area contributed by atoms with Gasteiger partial charge in [-0.05, 0) is 30.7 Å². The molecule has 1 amide bonds. The molecule has 2 N–H and O–H groups in total. The van der Waals surface area contributed by atoms with Gasteiger partial charge in [-0.2, -0.15) is 0 Å². The van der Waals surface area contributed by atoms with Crippen LogP contribution in [0.5, 0.6) is 0 Å². The van der Waals surface area contributed by atoms with E-state index in [9.17, 15) is 4.79 Å². The van der Waals surface area contributed by atoms with Crippen LogP contribution >= 0.6 is 0 Å². The van der Waals surface area contributed by atoms with Crippen LogP contribution in [-0.2, 0) is 0 Å². The lowest BCUT2D eigenvalue weighted by Gasteiger charge is -2.14. The van der Waals surface area contributed by atoms with Crippen molar-refractivity contribution in [3.05, 3.63) is 90.3 Å². The lowest BCUT2D eigenvalue weighted by atomic mass is 10.1. The Bertz CT molecular complexity index is 803. The average molecular weight is 317 g/mol. The highest BCUT2D eigenvalue weighted by Crippen LogP contribution is 2.17. The number of carbonyl (C=O) groups excluding carboxylic acids is 1. The third kappa shape index (κ3) is 3.98. The minimum absolute atomic E-state index is 0.0653. The van der Waals surface area contributed by atoms with Crippen molar-refractivity contribution in [1.82, 2.24) is 10.3 Å². The summed E-state index contributed by atoms with van der Waals surface area (Å²) in [4.78, 5) is 16.6. The molecule has 0 saturated heterocycles. The normalized spacial score (nSPS) is 11.5. The number of hydrogen-bond donors (Lipinski definition) is 2. The summed E-state index contributed by atoms with van der Waals surface area (Å²) in [6.07, 6.45) is 3.27. The second-order valence-corrected chi connectivity index (χ2v) is 5.56. The van der Waals surface area contributed by atoms with Gasteiger partial charge in [0.15, 0.2) is 0 Å². The molecular weight excluding hydrogens is 298 g/mol. The van der Waals surface area contributed by atoms with Gasteiger partial charge < -0.3 is 10.6 Å². The van der Waals surface area contributed by atoms with Crippen LogP contribution in [0.4, 0.5) is 11.4 Å². The first-order chi connectivity index (χ1) is 11.7. The van der Waals surface area contributed by atoms with E-state index in [1.54, 1.807) is 18.5 Å². The molecule has 0 fully saturated rings. The summed E-state index contributed by atoms with van der Waals surface area (Å²) >= 11 is 0. The van der Waals surface area contributed by atoms with Crippen LogP contribution in [0.1, 0.15) is 28.9 Å². The molecule has 0 bridgehead atoms. The molecule has 0 radical (unpaired) electrons. The Labute approximate surface area is 141 Å². The number of hydrogen-bond acceptors (Lipinski definition) is 3. The molecule has 0 aliphatic rings. The fourth-order valence-corrected chi connectivity index (χ4v) is 2.43. The molecule has 1 aromatic heterocycles. The first kappa shape index (κ1) is 15.7. The maximum Gasteiger partial charge on any atom is 0.253 e. The SMILES string of the molecule is CC(NC(=O)c1cncc(Nc2ccccc2)c1)c1ccccc1. The van der Waals surface area contributed by atoms with Gasteiger partial charge in [-0.15, -0.1) is 0 Å². The van der Waals surface area contributed by atoms with Crippen molar-refractivity contribution < 1.29 is 4.79 Å². The third-order valence-corrected chi connectivity index (χ3v) is 3.71. The highest BCUT2D eigenvalue weighted by Gasteiger charge is 2.12. The molecule has 0 aliphatic heterocycles. The Morgan fingerprint density at radius 3 is 2.29 bits per heavy atom. The summed E-state index contributed by atoms with van der Waals surface area (Å²) in [6.45, 7) is 1.97. The van der Waals surface area contributed by atoms with Crippen LogP contribution in [0.15, 0.2) is 79.1 Å².